The molecule has 0 aliphatic rings. The van der Waals surface area contributed by atoms with Gasteiger partial charge < -0.3 is 26.2 Å². The van der Waals surface area contributed by atoms with Gasteiger partial charge in [0.2, 0.25) is 0 Å². The molecular formula is C20H25N5O3. The zero-order valence-electron chi connectivity index (χ0n) is 16.4. The standard InChI is InChI=1S/C20H25N5O3/c1-10(21)16-13(19(27)28)8-15(23-16)12-6-5-7-14-17(12)24-18(11(2)22-14)25-20(3,4)9-26/h5-8,10,23,26H,9,21H2,1-4H3,(H,24,25)(H,27,28). The zero-order valence-corrected chi connectivity index (χ0v) is 16.4. The summed E-state index contributed by atoms with van der Waals surface area (Å²) in [5, 5.41) is 22.2. The van der Waals surface area contributed by atoms with Gasteiger partial charge >= 0.3 is 5.97 Å². The van der Waals surface area contributed by atoms with Crippen LogP contribution in [-0.4, -0.2) is 43.3 Å². The predicted octanol–water partition coefficient (Wildman–Crippen LogP) is 2.83. The van der Waals surface area contributed by atoms with Crippen molar-refractivity contribution in [3.8, 4) is 11.3 Å². The second-order valence-electron chi connectivity index (χ2n) is 7.60. The second kappa shape index (κ2) is 7.21. The monoisotopic (exact) mass is 383 g/mol. The van der Waals surface area contributed by atoms with Crippen molar-refractivity contribution in [2.45, 2.75) is 39.3 Å². The van der Waals surface area contributed by atoms with E-state index < -0.39 is 17.6 Å². The number of aromatic nitrogens is 3. The fraction of sp³-hybridized carbons (Fsp3) is 0.350. The van der Waals surface area contributed by atoms with E-state index in [0.717, 1.165) is 5.56 Å². The number of carbonyl (C=O) groups is 1. The lowest BCUT2D eigenvalue weighted by Gasteiger charge is -2.25. The zero-order chi connectivity index (χ0) is 20.6. The fourth-order valence-electron chi connectivity index (χ4n) is 3.01. The summed E-state index contributed by atoms with van der Waals surface area (Å²) < 4.78 is 0. The molecule has 2 aromatic heterocycles. The number of fused-ring (bicyclic) bond motifs is 1. The Labute approximate surface area is 162 Å². The minimum absolute atomic E-state index is 0.0653. The normalized spacial score (nSPS) is 12.9. The number of aryl methyl sites for hydroxylation is 1. The predicted molar refractivity (Wildman–Crippen MR) is 108 cm³/mol. The SMILES string of the molecule is Cc1nc2cccc(-c3cc(C(=O)O)c(C(C)N)[nH]3)c2nc1NC(C)(C)CO. The van der Waals surface area contributed by atoms with E-state index in [9.17, 15) is 15.0 Å². The van der Waals surface area contributed by atoms with Crippen LogP contribution in [0.1, 0.15) is 48.6 Å². The summed E-state index contributed by atoms with van der Waals surface area (Å²) in [5.74, 6) is -0.472. The lowest BCUT2D eigenvalue weighted by atomic mass is 10.1. The lowest BCUT2D eigenvalue weighted by Crippen LogP contribution is -2.35. The molecule has 0 saturated heterocycles. The van der Waals surface area contributed by atoms with Gasteiger partial charge in [0.1, 0.15) is 11.3 Å². The molecule has 28 heavy (non-hydrogen) atoms. The number of nitrogens with one attached hydrogen (secondary N) is 2. The van der Waals surface area contributed by atoms with Crippen molar-refractivity contribution in [2.75, 3.05) is 11.9 Å². The van der Waals surface area contributed by atoms with Gasteiger partial charge in [-0.2, -0.15) is 0 Å². The van der Waals surface area contributed by atoms with Gasteiger partial charge in [0.05, 0.1) is 28.9 Å². The highest BCUT2D eigenvalue weighted by molar-refractivity contribution is 5.95. The molecule has 3 aromatic rings. The van der Waals surface area contributed by atoms with Crippen LogP contribution in [0.3, 0.4) is 0 Å². The number of rotatable bonds is 6. The number of nitrogens with two attached hydrogens (primary N) is 1. The number of carboxylic acid groups (broad SMARTS) is 1. The molecule has 0 spiro atoms. The van der Waals surface area contributed by atoms with Gasteiger partial charge in [-0.3, -0.25) is 0 Å². The number of nitrogens with zero attached hydrogens (tertiary/aromatic N) is 2. The molecule has 1 atom stereocenters. The van der Waals surface area contributed by atoms with Gasteiger partial charge in [-0.1, -0.05) is 12.1 Å². The minimum atomic E-state index is -1.04. The van der Waals surface area contributed by atoms with Crippen LogP contribution in [0.5, 0.6) is 0 Å². The summed E-state index contributed by atoms with van der Waals surface area (Å²) in [6.45, 7) is 7.24. The first kappa shape index (κ1) is 19.8. The van der Waals surface area contributed by atoms with E-state index in [2.05, 4.69) is 15.3 Å². The van der Waals surface area contributed by atoms with Crippen LogP contribution in [0.4, 0.5) is 5.82 Å². The van der Waals surface area contributed by atoms with Crippen molar-refractivity contribution < 1.29 is 15.0 Å². The third-order valence-electron chi connectivity index (χ3n) is 4.55. The maximum absolute atomic E-state index is 11.6. The number of hydrogen-bond donors (Lipinski definition) is 5. The van der Waals surface area contributed by atoms with E-state index in [1.807, 2.05) is 39.0 Å². The van der Waals surface area contributed by atoms with Gasteiger partial charge in [-0.25, -0.2) is 14.8 Å². The molecule has 1 aromatic carbocycles. The number of para-hydroxylation sites is 1. The Morgan fingerprint density at radius 2 is 2.07 bits per heavy atom. The third kappa shape index (κ3) is 3.69. The van der Waals surface area contributed by atoms with Gasteiger partial charge in [-0.15, -0.1) is 0 Å². The van der Waals surface area contributed by atoms with E-state index in [1.54, 1.807) is 13.0 Å². The minimum Gasteiger partial charge on any atom is -0.478 e. The number of anilines is 1. The number of H-pyrrole nitrogens is 1. The maximum atomic E-state index is 11.6. The van der Waals surface area contributed by atoms with Crippen molar-refractivity contribution in [1.82, 2.24) is 15.0 Å². The number of aliphatic hydroxyl groups is 1. The second-order valence-corrected chi connectivity index (χ2v) is 7.60. The molecule has 0 aliphatic heterocycles. The molecule has 8 heteroatoms. The number of aromatic amines is 1. The number of aliphatic hydroxyl groups excluding tert-OH is 1. The van der Waals surface area contributed by atoms with Crippen LogP contribution in [0.2, 0.25) is 0 Å². The molecule has 148 valence electrons. The van der Waals surface area contributed by atoms with Gasteiger partial charge in [0.15, 0.2) is 0 Å². The summed E-state index contributed by atoms with van der Waals surface area (Å²) in [6.07, 6.45) is 0. The molecule has 0 amide bonds. The average Bonchev–Trinajstić information content (AvgIpc) is 3.07. The molecule has 6 N–H and O–H groups in total. The highest BCUT2D eigenvalue weighted by Gasteiger charge is 2.21. The average molecular weight is 383 g/mol. The van der Waals surface area contributed by atoms with Crippen LogP contribution < -0.4 is 11.1 Å². The van der Waals surface area contributed by atoms with Crippen LogP contribution in [0, 0.1) is 6.92 Å². The smallest absolute Gasteiger partial charge is 0.337 e. The van der Waals surface area contributed by atoms with E-state index in [1.165, 1.54) is 0 Å². The Kier molecular flexibility index (Phi) is 5.10. The summed E-state index contributed by atoms with van der Waals surface area (Å²) in [4.78, 5) is 24.1. The largest absolute Gasteiger partial charge is 0.478 e. The number of carboxylic acids is 1. The first-order valence-corrected chi connectivity index (χ1v) is 9.01. The summed E-state index contributed by atoms with van der Waals surface area (Å²) in [6, 6.07) is 6.68. The number of hydrogen-bond acceptors (Lipinski definition) is 6. The molecule has 2 heterocycles. The molecule has 0 saturated carbocycles. The van der Waals surface area contributed by atoms with Crippen molar-refractivity contribution in [3.05, 3.63) is 41.2 Å². The van der Waals surface area contributed by atoms with Crippen LogP contribution >= 0.6 is 0 Å². The highest BCUT2D eigenvalue weighted by atomic mass is 16.4. The number of benzene rings is 1. The van der Waals surface area contributed by atoms with E-state index in [-0.39, 0.29) is 12.2 Å². The van der Waals surface area contributed by atoms with Gasteiger partial charge in [0.25, 0.3) is 0 Å². The van der Waals surface area contributed by atoms with E-state index in [0.29, 0.717) is 33.9 Å². The summed E-state index contributed by atoms with van der Waals surface area (Å²) in [5.41, 5.74) is 9.33. The Hall–Kier alpha value is -2.97. The maximum Gasteiger partial charge on any atom is 0.337 e. The molecule has 8 nitrogen and oxygen atoms in total. The number of aromatic carboxylic acids is 1. The van der Waals surface area contributed by atoms with Crippen LogP contribution in [-0.2, 0) is 0 Å². The Bertz CT molecular complexity index is 1040. The fourth-order valence-corrected chi connectivity index (χ4v) is 3.01. The first-order chi connectivity index (χ1) is 13.1. The molecule has 0 fully saturated rings. The molecule has 3 rings (SSSR count). The Morgan fingerprint density at radius 3 is 2.64 bits per heavy atom. The molecule has 1 unspecified atom stereocenters. The van der Waals surface area contributed by atoms with Crippen LogP contribution in [0.15, 0.2) is 24.3 Å². The first-order valence-electron chi connectivity index (χ1n) is 9.01. The van der Waals surface area contributed by atoms with E-state index >= 15 is 0 Å². The summed E-state index contributed by atoms with van der Waals surface area (Å²) in [7, 11) is 0. The lowest BCUT2D eigenvalue weighted by molar-refractivity contribution is 0.0695. The molecule has 0 radical (unpaired) electrons. The molecule has 0 bridgehead atoms. The van der Waals surface area contributed by atoms with Crippen molar-refractivity contribution in [3.63, 3.8) is 0 Å². The third-order valence-corrected chi connectivity index (χ3v) is 4.55. The van der Waals surface area contributed by atoms with E-state index in [4.69, 9.17) is 10.7 Å². The molecular weight excluding hydrogens is 358 g/mol. The van der Waals surface area contributed by atoms with Crippen LogP contribution in [0.25, 0.3) is 22.3 Å². The van der Waals surface area contributed by atoms with Gasteiger partial charge in [-0.05, 0) is 39.8 Å². The van der Waals surface area contributed by atoms with Crippen molar-refractivity contribution in [1.29, 1.82) is 0 Å². The quantitative estimate of drug-likeness (QED) is 0.441. The Morgan fingerprint density at radius 1 is 1.36 bits per heavy atom. The Balaban J connectivity index is 2.19. The molecule has 0 aliphatic carbocycles. The topological polar surface area (TPSA) is 137 Å². The summed E-state index contributed by atoms with van der Waals surface area (Å²) >= 11 is 0. The van der Waals surface area contributed by atoms with Gasteiger partial charge in [0, 0.05) is 23.0 Å². The van der Waals surface area contributed by atoms with Crippen molar-refractivity contribution >= 4 is 22.8 Å². The van der Waals surface area contributed by atoms with Crippen molar-refractivity contribution in [2.24, 2.45) is 5.73 Å². The highest BCUT2D eigenvalue weighted by Crippen LogP contribution is 2.31.